The quantitative estimate of drug-likeness (QED) is 0.554. The van der Waals surface area contributed by atoms with Crippen LogP contribution in [0.2, 0.25) is 5.02 Å². The molecule has 0 aliphatic carbocycles. The lowest BCUT2D eigenvalue weighted by molar-refractivity contribution is -0.0190. The second-order valence-electron chi connectivity index (χ2n) is 7.26. The van der Waals surface area contributed by atoms with Gasteiger partial charge in [-0.15, -0.1) is 11.3 Å². The van der Waals surface area contributed by atoms with Crippen LogP contribution < -0.4 is 9.64 Å². The van der Waals surface area contributed by atoms with Gasteiger partial charge in [-0.1, -0.05) is 29.8 Å². The third-order valence-corrected chi connectivity index (χ3v) is 6.41. The van der Waals surface area contributed by atoms with Crippen molar-refractivity contribution in [2.45, 2.75) is 18.7 Å². The molecule has 0 fully saturated rings. The molecule has 4 nitrogen and oxygen atoms in total. The van der Waals surface area contributed by atoms with Crippen LogP contribution in [0.25, 0.3) is 0 Å². The van der Waals surface area contributed by atoms with Crippen molar-refractivity contribution in [1.82, 2.24) is 5.01 Å². The summed E-state index contributed by atoms with van der Waals surface area (Å²) in [6.45, 7) is 0. The van der Waals surface area contributed by atoms with Crippen molar-refractivity contribution in [3.8, 4) is 5.75 Å². The lowest BCUT2D eigenvalue weighted by Gasteiger charge is -2.38. The van der Waals surface area contributed by atoms with Gasteiger partial charge in [-0.05, 0) is 41.8 Å². The van der Waals surface area contributed by atoms with E-state index in [4.69, 9.17) is 21.4 Å². The number of fused-ring (bicyclic) bond motifs is 3. The first kappa shape index (κ1) is 17.6. The van der Waals surface area contributed by atoms with Crippen molar-refractivity contribution in [2.24, 2.45) is 5.10 Å². The Kier molecular flexibility index (Phi) is 4.29. The van der Waals surface area contributed by atoms with Crippen LogP contribution in [0.15, 0.2) is 65.1 Å². The number of nitrogens with zero attached hydrogens (tertiary/aromatic N) is 3. The number of hydrogen-bond donors (Lipinski definition) is 0. The Morgan fingerprint density at radius 3 is 2.68 bits per heavy atom. The predicted molar refractivity (Wildman–Crippen MR) is 116 cm³/mol. The largest absolute Gasteiger partial charge is 0.464 e. The molecule has 0 saturated carbocycles. The summed E-state index contributed by atoms with van der Waals surface area (Å²) in [6, 6.07) is 18.7. The SMILES string of the molecule is CN(C)c1ccc([C@H]2Oc3ccc(Cl)cc3[C@@H]3CC(c4cccs4)=NN23)cc1. The maximum Gasteiger partial charge on any atom is 0.213 e. The number of thiophene rings is 1. The van der Waals surface area contributed by atoms with Gasteiger partial charge < -0.3 is 9.64 Å². The molecule has 0 amide bonds. The zero-order chi connectivity index (χ0) is 19.3. The normalized spacial score (nSPS) is 20.2. The predicted octanol–water partition coefficient (Wildman–Crippen LogP) is 5.71. The van der Waals surface area contributed by atoms with Crippen LogP contribution in [-0.4, -0.2) is 24.8 Å². The monoisotopic (exact) mass is 409 g/mol. The van der Waals surface area contributed by atoms with E-state index in [0.717, 1.165) is 39.7 Å². The standard InChI is InChI=1S/C22H20ClN3OS/c1-25(2)16-8-5-14(6-9-16)22-26-19(13-18(24-26)21-4-3-11-28-21)17-12-15(23)7-10-20(17)27-22/h3-12,19,22H,13H2,1-2H3/t19-,22+/m0/s1. The molecule has 3 aromatic rings. The van der Waals surface area contributed by atoms with Crippen molar-refractivity contribution in [1.29, 1.82) is 0 Å². The summed E-state index contributed by atoms with van der Waals surface area (Å²) in [5.41, 5.74) is 4.45. The molecular weight excluding hydrogens is 390 g/mol. The van der Waals surface area contributed by atoms with E-state index >= 15 is 0 Å². The molecule has 5 rings (SSSR count). The number of ether oxygens (including phenoxy) is 1. The van der Waals surface area contributed by atoms with Crippen LogP contribution >= 0.6 is 22.9 Å². The Labute approximate surface area is 173 Å². The summed E-state index contributed by atoms with van der Waals surface area (Å²) in [4.78, 5) is 3.30. The molecule has 0 N–H and O–H groups in total. The van der Waals surface area contributed by atoms with Crippen molar-refractivity contribution < 1.29 is 4.74 Å². The fourth-order valence-electron chi connectivity index (χ4n) is 3.81. The first-order valence-corrected chi connectivity index (χ1v) is 10.5. The highest BCUT2D eigenvalue weighted by molar-refractivity contribution is 7.12. The molecule has 3 heterocycles. The maximum absolute atomic E-state index is 6.40. The topological polar surface area (TPSA) is 28.1 Å². The van der Waals surface area contributed by atoms with E-state index in [1.807, 2.05) is 32.3 Å². The van der Waals surface area contributed by atoms with Crippen molar-refractivity contribution >= 4 is 34.3 Å². The van der Waals surface area contributed by atoms with E-state index in [1.54, 1.807) is 11.3 Å². The summed E-state index contributed by atoms with van der Waals surface area (Å²) >= 11 is 8.01. The Balaban J connectivity index is 1.57. The minimum absolute atomic E-state index is 0.123. The van der Waals surface area contributed by atoms with Gasteiger partial charge in [0.05, 0.1) is 16.6 Å². The van der Waals surface area contributed by atoms with Gasteiger partial charge in [-0.25, -0.2) is 5.01 Å². The summed E-state index contributed by atoms with van der Waals surface area (Å²) in [5.74, 6) is 0.884. The highest BCUT2D eigenvalue weighted by Gasteiger charge is 2.41. The van der Waals surface area contributed by atoms with Crippen LogP contribution in [0, 0.1) is 0 Å². The first-order chi connectivity index (χ1) is 13.6. The van der Waals surface area contributed by atoms with Crippen molar-refractivity contribution in [2.75, 3.05) is 19.0 Å². The Bertz CT molecular complexity index is 1030. The fourth-order valence-corrected chi connectivity index (χ4v) is 4.71. The smallest absolute Gasteiger partial charge is 0.213 e. The average molecular weight is 410 g/mol. The highest BCUT2D eigenvalue weighted by Crippen LogP contribution is 2.48. The second-order valence-corrected chi connectivity index (χ2v) is 8.65. The molecule has 28 heavy (non-hydrogen) atoms. The van der Waals surface area contributed by atoms with Gasteiger partial charge in [-0.3, -0.25) is 0 Å². The van der Waals surface area contributed by atoms with Gasteiger partial charge in [-0.2, -0.15) is 5.10 Å². The molecule has 0 spiro atoms. The molecule has 6 heteroatoms. The Morgan fingerprint density at radius 1 is 1.14 bits per heavy atom. The molecule has 0 saturated heterocycles. The van der Waals surface area contributed by atoms with E-state index in [2.05, 4.69) is 51.7 Å². The summed E-state index contributed by atoms with van der Waals surface area (Å²) in [7, 11) is 4.08. The number of rotatable bonds is 3. The lowest BCUT2D eigenvalue weighted by Crippen LogP contribution is -2.33. The molecule has 0 unspecified atom stereocenters. The van der Waals surface area contributed by atoms with Gasteiger partial charge >= 0.3 is 0 Å². The molecule has 1 aromatic heterocycles. The van der Waals surface area contributed by atoms with Crippen LogP contribution in [0.4, 0.5) is 5.69 Å². The minimum atomic E-state index is -0.257. The number of hydrogen-bond acceptors (Lipinski definition) is 5. The van der Waals surface area contributed by atoms with E-state index in [1.165, 1.54) is 4.88 Å². The fraction of sp³-hybridized carbons (Fsp3) is 0.227. The molecule has 2 aromatic carbocycles. The first-order valence-electron chi connectivity index (χ1n) is 9.23. The molecule has 0 bridgehead atoms. The third kappa shape index (κ3) is 2.95. The highest BCUT2D eigenvalue weighted by atomic mass is 35.5. The summed E-state index contributed by atoms with van der Waals surface area (Å²) in [6.07, 6.45) is 0.594. The molecule has 2 atom stereocenters. The van der Waals surface area contributed by atoms with Crippen molar-refractivity contribution in [3.63, 3.8) is 0 Å². The zero-order valence-corrected chi connectivity index (χ0v) is 17.2. The molecule has 0 radical (unpaired) electrons. The zero-order valence-electron chi connectivity index (χ0n) is 15.7. The lowest BCUT2D eigenvalue weighted by atomic mass is 9.97. The van der Waals surface area contributed by atoms with E-state index in [-0.39, 0.29) is 12.3 Å². The number of halogens is 1. The van der Waals surface area contributed by atoms with Gasteiger partial charge in [0.25, 0.3) is 0 Å². The second kappa shape index (κ2) is 6.83. The maximum atomic E-state index is 6.40. The summed E-state index contributed by atoms with van der Waals surface area (Å²) < 4.78 is 6.40. The van der Waals surface area contributed by atoms with E-state index in [0.29, 0.717) is 0 Å². The van der Waals surface area contributed by atoms with Gasteiger partial charge in [0, 0.05) is 42.4 Å². The van der Waals surface area contributed by atoms with Crippen LogP contribution in [0.1, 0.15) is 34.7 Å². The average Bonchev–Trinajstić information content (AvgIpc) is 3.37. The number of anilines is 1. The molecule has 142 valence electrons. The number of hydrazone groups is 1. The molecule has 2 aliphatic rings. The summed E-state index contributed by atoms with van der Waals surface area (Å²) in [5, 5.41) is 9.89. The van der Waals surface area contributed by atoms with Crippen LogP contribution in [0.5, 0.6) is 5.75 Å². The van der Waals surface area contributed by atoms with Crippen molar-refractivity contribution in [3.05, 3.63) is 81.0 Å². The van der Waals surface area contributed by atoms with Gasteiger partial charge in [0.2, 0.25) is 6.23 Å². The molecular formula is C22H20ClN3OS. The van der Waals surface area contributed by atoms with Gasteiger partial charge in [0.15, 0.2) is 0 Å². The van der Waals surface area contributed by atoms with E-state index in [9.17, 15) is 0 Å². The van der Waals surface area contributed by atoms with Crippen LogP contribution in [0.3, 0.4) is 0 Å². The van der Waals surface area contributed by atoms with Gasteiger partial charge in [0.1, 0.15) is 5.75 Å². The molecule has 2 aliphatic heterocycles. The number of benzene rings is 2. The van der Waals surface area contributed by atoms with Crippen LogP contribution in [-0.2, 0) is 0 Å². The Hall–Kier alpha value is -2.50. The minimum Gasteiger partial charge on any atom is -0.464 e. The Morgan fingerprint density at radius 2 is 1.96 bits per heavy atom. The van der Waals surface area contributed by atoms with E-state index < -0.39 is 0 Å². The third-order valence-electron chi connectivity index (χ3n) is 5.25.